The van der Waals surface area contributed by atoms with Crippen molar-refractivity contribution in [3.05, 3.63) is 59.7 Å². The van der Waals surface area contributed by atoms with Crippen molar-refractivity contribution in [2.24, 2.45) is 0 Å². The molecule has 0 bridgehead atoms. The van der Waals surface area contributed by atoms with Gasteiger partial charge in [0.05, 0.1) is 6.54 Å². The lowest BCUT2D eigenvalue weighted by Gasteiger charge is -2.09. The molecule has 0 spiro atoms. The van der Waals surface area contributed by atoms with E-state index in [2.05, 4.69) is 20.8 Å². The molecule has 0 saturated heterocycles. The molecule has 0 atom stereocenters. The minimum atomic E-state index is -0.323. The number of hydrogen-bond donors (Lipinski definition) is 2. The topological polar surface area (TPSA) is 97.1 Å². The molecule has 2 aromatic carbocycles. The number of benzene rings is 2. The van der Waals surface area contributed by atoms with E-state index in [1.165, 1.54) is 0 Å². The number of hydrogen-bond acceptors (Lipinski definition) is 5. The van der Waals surface area contributed by atoms with Gasteiger partial charge in [-0.3, -0.25) is 9.59 Å². The van der Waals surface area contributed by atoms with E-state index in [1.807, 2.05) is 45.0 Å². The summed E-state index contributed by atoms with van der Waals surface area (Å²) in [5.74, 6) is 0.277. The van der Waals surface area contributed by atoms with Gasteiger partial charge in [0.1, 0.15) is 0 Å². The van der Waals surface area contributed by atoms with E-state index in [0.717, 1.165) is 11.1 Å². The molecule has 2 amide bonds. The van der Waals surface area contributed by atoms with E-state index in [1.54, 1.807) is 24.3 Å². The minimum absolute atomic E-state index is 0.0302. The summed E-state index contributed by atoms with van der Waals surface area (Å²) in [6.07, 6.45) is 0. The van der Waals surface area contributed by atoms with Gasteiger partial charge < -0.3 is 15.1 Å². The zero-order valence-corrected chi connectivity index (χ0v) is 16.0. The molecule has 0 unspecified atom stereocenters. The molecule has 1 aromatic heterocycles. The highest BCUT2D eigenvalue weighted by atomic mass is 16.4. The first-order chi connectivity index (χ1) is 13.4. The Balaban J connectivity index is 1.67. The number of amides is 2. The second kappa shape index (κ2) is 8.47. The van der Waals surface area contributed by atoms with Gasteiger partial charge in [-0.25, -0.2) is 0 Å². The lowest BCUT2D eigenvalue weighted by Crippen LogP contribution is -2.39. The largest absolute Gasteiger partial charge is 0.416 e. The molecule has 0 fully saturated rings. The fourth-order valence-electron chi connectivity index (χ4n) is 2.66. The maximum absolute atomic E-state index is 12.2. The summed E-state index contributed by atoms with van der Waals surface area (Å²) < 4.78 is 5.78. The minimum Gasteiger partial charge on any atom is -0.416 e. The van der Waals surface area contributed by atoms with E-state index in [4.69, 9.17) is 4.42 Å². The number of carbonyl (C=O) groups excluding carboxylic acids is 2. The molecule has 0 aliphatic rings. The molecule has 0 radical (unpaired) electrons. The van der Waals surface area contributed by atoms with Crippen LogP contribution in [0.5, 0.6) is 0 Å². The molecular formula is C21H22N4O3. The second-order valence-electron chi connectivity index (χ2n) is 6.71. The lowest BCUT2D eigenvalue weighted by molar-refractivity contribution is -0.120. The lowest BCUT2D eigenvalue weighted by atomic mass is 10.1. The number of carbonyl (C=O) groups is 2. The monoisotopic (exact) mass is 378 g/mol. The van der Waals surface area contributed by atoms with Crippen LogP contribution >= 0.6 is 0 Å². The summed E-state index contributed by atoms with van der Waals surface area (Å²) in [6, 6.07) is 14.6. The molecule has 7 nitrogen and oxygen atoms in total. The summed E-state index contributed by atoms with van der Waals surface area (Å²) in [6.45, 7) is 5.64. The Morgan fingerprint density at radius 2 is 1.68 bits per heavy atom. The highest BCUT2D eigenvalue weighted by molar-refractivity contribution is 5.96. The molecule has 3 rings (SSSR count). The maximum atomic E-state index is 12.2. The third-order valence-electron chi connectivity index (χ3n) is 4.05. The van der Waals surface area contributed by atoms with Gasteiger partial charge in [-0.15, -0.1) is 10.2 Å². The van der Waals surface area contributed by atoms with Crippen LogP contribution in [0.2, 0.25) is 0 Å². The summed E-state index contributed by atoms with van der Waals surface area (Å²) in [5.41, 5.74) is 3.09. The summed E-state index contributed by atoms with van der Waals surface area (Å²) >= 11 is 0. The van der Waals surface area contributed by atoms with Crippen LogP contribution < -0.4 is 10.6 Å². The van der Waals surface area contributed by atoms with Crippen molar-refractivity contribution in [1.82, 2.24) is 20.8 Å². The fraction of sp³-hybridized carbons (Fsp3) is 0.238. The predicted octanol–water partition coefficient (Wildman–Crippen LogP) is 2.97. The van der Waals surface area contributed by atoms with Gasteiger partial charge >= 0.3 is 0 Å². The van der Waals surface area contributed by atoms with E-state index in [9.17, 15) is 9.59 Å². The maximum Gasteiger partial charge on any atom is 0.251 e. The van der Waals surface area contributed by atoms with Crippen LogP contribution in [0, 0.1) is 6.92 Å². The van der Waals surface area contributed by atoms with Crippen LogP contribution in [0.3, 0.4) is 0 Å². The normalized spacial score (nSPS) is 10.7. The highest BCUT2D eigenvalue weighted by Gasteiger charge is 2.13. The Labute approximate surface area is 163 Å². The Kier molecular flexibility index (Phi) is 5.84. The number of rotatable bonds is 6. The van der Waals surface area contributed by atoms with Crippen molar-refractivity contribution in [3.63, 3.8) is 0 Å². The molecule has 2 N–H and O–H groups in total. The number of nitrogens with zero attached hydrogens (tertiary/aromatic N) is 2. The molecule has 1 heterocycles. The van der Waals surface area contributed by atoms with Crippen LogP contribution in [0.1, 0.15) is 29.8 Å². The molecule has 3 aromatic rings. The third-order valence-corrected chi connectivity index (χ3v) is 4.05. The van der Waals surface area contributed by atoms with Crippen LogP contribution in [0.25, 0.3) is 22.9 Å². The van der Waals surface area contributed by atoms with Crippen molar-refractivity contribution in [1.29, 1.82) is 0 Å². The zero-order chi connectivity index (χ0) is 20.1. The van der Waals surface area contributed by atoms with Crippen molar-refractivity contribution in [2.45, 2.75) is 26.8 Å². The van der Waals surface area contributed by atoms with Gasteiger partial charge in [0, 0.05) is 22.7 Å². The first kappa shape index (κ1) is 19.3. The van der Waals surface area contributed by atoms with Crippen molar-refractivity contribution >= 4 is 11.8 Å². The smallest absolute Gasteiger partial charge is 0.251 e. The van der Waals surface area contributed by atoms with Crippen LogP contribution in [-0.2, 0) is 4.79 Å². The van der Waals surface area contributed by atoms with E-state index in [-0.39, 0.29) is 24.4 Å². The van der Waals surface area contributed by atoms with Gasteiger partial charge in [-0.1, -0.05) is 18.2 Å². The first-order valence-electron chi connectivity index (χ1n) is 9.01. The van der Waals surface area contributed by atoms with Crippen LogP contribution in [0.15, 0.2) is 52.9 Å². The average Bonchev–Trinajstić information content (AvgIpc) is 3.16. The zero-order valence-electron chi connectivity index (χ0n) is 16.0. The molecule has 28 heavy (non-hydrogen) atoms. The van der Waals surface area contributed by atoms with Gasteiger partial charge in [-0.05, 0) is 56.7 Å². The Hall–Kier alpha value is -3.48. The van der Waals surface area contributed by atoms with E-state index < -0.39 is 0 Å². The quantitative estimate of drug-likeness (QED) is 0.687. The predicted molar refractivity (Wildman–Crippen MR) is 106 cm³/mol. The van der Waals surface area contributed by atoms with Crippen molar-refractivity contribution in [3.8, 4) is 22.9 Å². The first-order valence-corrected chi connectivity index (χ1v) is 9.01. The van der Waals surface area contributed by atoms with Crippen molar-refractivity contribution < 1.29 is 14.0 Å². The standard InChI is InChI=1S/C21H22N4O3/c1-13(2)23-18(26)12-22-19(27)15-8-10-16(11-9-15)20-24-25-21(28-20)17-7-5-4-6-14(17)3/h4-11,13H,12H2,1-3H3,(H,22,27)(H,23,26). The van der Waals surface area contributed by atoms with E-state index in [0.29, 0.717) is 22.9 Å². The number of aryl methyl sites for hydroxylation is 1. The van der Waals surface area contributed by atoms with Crippen molar-refractivity contribution in [2.75, 3.05) is 6.54 Å². The molecular weight excluding hydrogens is 356 g/mol. The second-order valence-corrected chi connectivity index (χ2v) is 6.71. The third kappa shape index (κ3) is 4.62. The number of aromatic nitrogens is 2. The Bertz CT molecular complexity index is 977. The average molecular weight is 378 g/mol. The van der Waals surface area contributed by atoms with Crippen LogP contribution in [0.4, 0.5) is 0 Å². The van der Waals surface area contributed by atoms with Gasteiger partial charge in [-0.2, -0.15) is 0 Å². The summed E-state index contributed by atoms with van der Waals surface area (Å²) in [7, 11) is 0. The molecule has 0 saturated carbocycles. The SMILES string of the molecule is Cc1ccccc1-c1nnc(-c2ccc(C(=O)NCC(=O)NC(C)C)cc2)o1. The van der Waals surface area contributed by atoms with E-state index >= 15 is 0 Å². The summed E-state index contributed by atoms with van der Waals surface area (Å²) in [5, 5.41) is 13.5. The van der Waals surface area contributed by atoms with Gasteiger partial charge in [0.25, 0.3) is 5.91 Å². The fourth-order valence-corrected chi connectivity index (χ4v) is 2.66. The molecule has 144 valence electrons. The number of nitrogens with one attached hydrogen (secondary N) is 2. The van der Waals surface area contributed by atoms with Crippen LogP contribution in [-0.4, -0.2) is 34.6 Å². The van der Waals surface area contributed by atoms with Gasteiger partial charge in [0.15, 0.2) is 0 Å². The highest BCUT2D eigenvalue weighted by Crippen LogP contribution is 2.26. The molecule has 0 aliphatic carbocycles. The Morgan fingerprint density at radius 3 is 2.36 bits per heavy atom. The van der Waals surface area contributed by atoms with Gasteiger partial charge in [0.2, 0.25) is 17.7 Å². The summed E-state index contributed by atoms with van der Waals surface area (Å²) in [4.78, 5) is 23.8. The molecule has 0 aliphatic heterocycles. The molecule has 7 heteroatoms. The Morgan fingerprint density at radius 1 is 1.00 bits per heavy atom.